The Balaban J connectivity index is 1.52. The van der Waals surface area contributed by atoms with Gasteiger partial charge in [0.15, 0.2) is 0 Å². The molecule has 0 saturated carbocycles. The van der Waals surface area contributed by atoms with Crippen LogP contribution in [0.3, 0.4) is 0 Å². The van der Waals surface area contributed by atoms with Gasteiger partial charge in [0.1, 0.15) is 0 Å². The Bertz CT molecular complexity index is 532. The van der Waals surface area contributed by atoms with Crippen molar-refractivity contribution in [2.75, 3.05) is 13.1 Å². The minimum atomic E-state index is -0.262. The zero-order valence-electron chi connectivity index (χ0n) is 14.8. The van der Waals surface area contributed by atoms with E-state index in [-0.39, 0.29) is 18.3 Å². The minimum absolute atomic E-state index is 0.244. The molecule has 2 heterocycles. The molecule has 0 aliphatic carbocycles. The monoisotopic (exact) mass is 313 g/mol. The van der Waals surface area contributed by atoms with E-state index in [1.54, 1.807) is 0 Å². The first-order valence-electron chi connectivity index (χ1n) is 8.70. The summed E-state index contributed by atoms with van der Waals surface area (Å²) in [6.45, 7) is 10.5. The van der Waals surface area contributed by atoms with Gasteiger partial charge in [0.05, 0.1) is 11.2 Å². The van der Waals surface area contributed by atoms with Crippen molar-refractivity contribution >= 4 is 7.12 Å². The summed E-state index contributed by atoms with van der Waals surface area (Å²) in [6, 6.07) is 10.9. The Morgan fingerprint density at radius 3 is 2.13 bits per heavy atom. The second-order valence-electron chi connectivity index (χ2n) is 7.69. The van der Waals surface area contributed by atoms with Crippen molar-refractivity contribution in [2.24, 2.45) is 0 Å². The Hall–Kier alpha value is -1.26. The van der Waals surface area contributed by atoms with E-state index in [2.05, 4.69) is 75.1 Å². The van der Waals surface area contributed by atoms with Gasteiger partial charge in [-0.3, -0.25) is 0 Å². The maximum Gasteiger partial charge on any atom is 0.488 e. The van der Waals surface area contributed by atoms with E-state index in [4.69, 9.17) is 9.31 Å². The van der Waals surface area contributed by atoms with E-state index in [1.807, 2.05) is 0 Å². The molecule has 124 valence electrons. The summed E-state index contributed by atoms with van der Waals surface area (Å²) < 4.78 is 12.0. The van der Waals surface area contributed by atoms with E-state index in [0.29, 0.717) is 5.92 Å². The SMILES string of the molecule is CC1(C)OB(C=CN2CCC(c3ccccc3)CC2)OC1(C)C. The smallest absolute Gasteiger partial charge is 0.400 e. The molecule has 2 aliphatic heterocycles. The molecule has 1 aromatic rings. The lowest BCUT2D eigenvalue weighted by Gasteiger charge is -2.32. The zero-order valence-corrected chi connectivity index (χ0v) is 14.8. The number of hydrogen-bond donors (Lipinski definition) is 0. The van der Waals surface area contributed by atoms with Crippen molar-refractivity contribution in [2.45, 2.75) is 57.7 Å². The average molecular weight is 313 g/mol. The van der Waals surface area contributed by atoms with E-state index >= 15 is 0 Å². The lowest BCUT2D eigenvalue weighted by Crippen LogP contribution is -2.41. The Kier molecular flexibility index (Phi) is 4.57. The Morgan fingerprint density at radius 2 is 1.57 bits per heavy atom. The maximum atomic E-state index is 6.01. The van der Waals surface area contributed by atoms with Gasteiger partial charge in [0, 0.05) is 13.1 Å². The first-order chi connectivity index (χ1) is 10.9. The second kappa shape index (κ2) is 6.33. The normalized spacial score (nSPS) is 24.5. The van der Waals surface area contributed by atoms with Gasteiger partial charge in [0.25, 0.3) is 0 Å². The Labute approximate surface area is 140 Å². The molecule has 2 fully saturated rings. The van der Waals surface area contributed by atoms with Crippen molar-refractivity contribution < 1.29 is 9.31 Å². The van der Waals surface area contributed by atoms with Gasteiger partial charge >= 0.3 is 7.12 Å². The topological polar surface area (TPSA) is 21.7 Å². The van der Waals surface area contributed by atoms with Crippen molar-refractivity contribution in [1.82, 2.24) is 4.90 Å². The highest BCUT2D eigenvalue weighted by atomic mass is 16.7. The van der Waals surface area contributed by atoms with Crippen LogP contribution in [0.5, 0.6) is 0 Å². The molecule has 0 radical (unpaired) electrons. The number of likely N-dealkylation sites (tertiary alicyclic amines) is 1. The highest BCUT2D eigenvalue weighted by molar-refractivity contribution is 6.51. The van der Waals surface area contributed by atoms with Gasteiger partial charge in [-0.2, -0.15) is 0 Å². The molecular formula is C19H28BNO2. The molecule has 0 spiro atoms. The number of benzene rings is 1. The van der Waals surface area contributed by atoms with Crippen LogP contribution in [0.15, 0.2) is 42.5 Å². The minimum Gasteiger partial charge on any atom is -0.400 e. The molecule has 3 nitrogen and oxygen atoms in total. The van der Waals surface area contributed by atoms with Gasteiger partial charge in [0.2, 0.25) is 0 Å². The molecule has 0 atom stereocenters. The molecule has 3 rings (SSSR count). The standard InChI is InChI=1S/C19H28BNO2/c1-18(2)19(3,4)23-20(22-18)12-15-21-13-10-17(11-14-21)16-8-6-5-7-9-16/h5-9,12,15,17H,10-11,13-14H2,1-4H3. The van der Waals surface area contributed by atoms with E-state index in [9.17, 15) is 0 Å². The van der Waals surface area contributed by atoms with Crippen LogP contribution in [0.25, 0.3) is 0 Å². The van der Waals surface area contributed by atoms with Crippen LogP contribution in [0.2, 0.25) is 0 Å². The van der Waals surface area contributed by atoms with Gasteiger partial charge in [-0.15, -0.1) is 0 Å². The van der Waals surface area contributed by atoms with Crippen LogP contribution in [0.1, 0.15) is 52.0 Å². The number of hydrogen-bond acceptors (Lipinski definition) is 3. The van der Waals surface area contributed by atoms with Gasteiger partial charge < -0.3 is 14.2 Å². The summed E-state index contributed by atoms with van der Waals surface area (Å²) in [7, 11) is -0.244. The maximum absolute atomic E-state index is 6.01. The molecule has 0 N–H and O–H groups in total. The van der Waals surface area contributed by atoms with E-state index in [1.165, 1.54) is 18.4 Å². The number of rotatable bonds is 3. The molecule has 0 unspecified atom stereocenters. The summed E-state index contributed by atoms with van der Waals surface area (Å²) in [5.41, 5.74) is 0.951. The molecule has 2 saturated heterocycles. The van der Waals surface area contributed by atoms with Crippen molar-refractivity contribution in [3.63, 3.8) is 0 Å². The zero-order chi connectivity index (χ0) is 16.5. The molecule has 0 amide bonds. The molecular weight excluding hydrogens is 285 g/mol. The van der Waals surface area contributed by atoms with Crippen LogP contribution >= 0.6 is 0 Å². The van der Waals surface area contributed by atoms with E-state index < -0.39 is 0 Å². The second-order valence-corrected chi connectivity index (χ2v) is 7.69. The predicted octanol–water partition coefficient (Wildman–Crippen LogP) is 4.01. The largest absolute Gasteiger partial charge is 0.488 e. The van der Waals surface area contributed by atoms with Crippen LogP contribution in [-0.2, 0) is 9.31 Å². The van der Waals surface area contributed by atoms with Crippen LogP contribution in [0, 0.1) is 0 Å². The van der Waals surface area contributed by atoms with Gasteiger partial charge in [-0.05, 0) is 64.2 Å². The quantitative estimate of drug-likeness (QED) is 0.787. The molecule has 4 heteroatoms. The molecule has 0 bridgehead atoms. The van der Waals surface area contributed by atoms with Crippen LogP contribution in [-0.4, -0.2) is 36.3 Å². The summed E-state index contributed by atoms with van der Waals surface area (Å²) in [5, 5.41) is 0. The fraction of sp³-hybridized carbons (Fsp3) is 0.579. The number of piperidine rings is 1. The van der Waals surface area contributed by atoms with Crippen molar-refractivity contribution in [3.8, 4) is 0 Å². The third-order valence-electron chi connectivity index (χ3n) is 5.53. The summed E-state index contributed by atoms with van der Waals surface area (Å²) in [5.74, 6) is 2.75. The summed E-state index contributed by atoms with van der Waals surface area (Å²) >= 11 is 0. The lowest BCUT2D eigenvalue weighted by molar-refractivity contribution is 0.00578. The van der Waals surface area contributed by atoms with Crippen LogP contribution in [0.4, 0.5) is 0 Å². The fourth-order valence-corrected chi connectivity index (χ4v) is 3.27. The molecule has 23 heavy (non-hydrogen) atoms. The Morgan fingerprint density at radius 1 is 1.00 bits per heavy atom. The van der Waals surface area contributed by atoms with Gasteiger partial charge in [-0.1, -0.05) is 30.3 Å². The average Bonchev–Trinajstić information content (AvgIpc) is 2.74. The third kappa shape index (κ3) is 3.64. The van der Waals surface area contributed by atoms with Crippen LogP contribution < -0.4 is 0 Å². The first kappa shape index (κ1) is 16.6. The molecule has 2 aliphatic rings. The van der Waals surface area contributed by atoms with E-state index in [0.717, 1.165) is 13.1 Å². The summed E-state index contributed by atoms with van der Waals surface area (Å²) in [6.07, 6.45) is 4.57. The third-order valence-corrected chi connectivity index (χ3v) is 5.53. The molecule has 0 aromatic heterocycles. The summed E-state index contributed by atoms with van der Waals surface area (Å²) in [4.78, 5) is 2.38. The highest BCUT2D eigenvalue weighted by Crippen LogP contribution is 2.37. The highest BCUT2D eigenvalue weighted by Gasteiger charge is 2.50. The van der Waals surface area contributed by atoms with Gasteiger partial charge in [-0.25, -0.2) is 0 Å². The number of nitrogens with zero attached hydrogens (tertiary/aromatic N) is 1. The fourth-order valence-electron chi connectivity index (χ4n) is 3.27. The van der Waals surface area contributed by atoms with Crippen molar-refractivity contribution in [1.29, 1.82) is 0 Å². The van der Waals surface area contributed by atoms with Crippen molar-refractivity contribution in [3.05, 3.63) is 48.1 Å². The molecule has 1 aromatic carbocycles. The lowest BCUT2D eigenvalue weighted by atomic mass is 9.88. The first-order valence-corrected chi connectivity index (χ1v) is 8.70. The predicted molar refractivity (Wildman–Crippen MR) is 95.2 cm³/mol.